The zero-order valence-corrected chi connectivity index (χ0v) is 14.3. The average molecular weight is 269 g/mol. The van der Waals surface area contributed by atoms with E-state index in [4.69, 9.17) is 4.74 Å². The summed E-state index contributed by atoms with van der Waals surface area (Å²) in [7, 11) is 0. The molecule has 1 aliphatic rings. The quantitative estimate of drug-likeness (QED) is 0.763. The highest BCUT2D eigenvalue weighted by Crippen LogP contribution is 2.36. The molecule has 19 heavy (non-hydrogen) atoms. The lowest BCUT2D eigenvalue weighted by Crippen LogP contribution is -2.51. The lowest BCUT2D eigenvalue weighted by atomic mass is 9.75. The lowest BCUT2D eigenvalue weighted by molar-refractivity contribution is -0.0325. The van der Waals surface area contributed by atoms with Crippen LogP contribution in [0.3, 0.4) is 0 Å². The minimum atomic E-state index is 0.399. The monoisotopic (exact) mass is 269 g/mol. The number of ether oxygens (including phenoxy) is 1. The fourth-order valence-electron chi connectivity index (χ4n) is 3.81. The molecule has 0 aromatic carbocycles. The Labute approximate surface area is 120 Å². The molecular weight excluding hydrogens is 234 g/mol. The van der Waals surface area contributed by atoms with Gasteiger partial charge >= 0.3 is 0 Å². The van der Waals surface area contributed by atoms with Gasteiger partial charge in [0.05, 0.1) is 12.7 Å². The van der Waals surface area contributed by atoms with E-state index >= 15 is 0 Å². The molecule has 0 spiro atoms. The molecule has 1 heterocycles. The lowest BCUT2D eigenvalue weighted by Gasteiger charge is -2.44. The zero-order valence-electron chi connectivity index (χ0n) is 14.3. The van der Waals surface area contributed by atoms with Crippen LogP contribution in [0.1, 0.15) is 55.4 Å². The van der Waals surface area contributed by atoms with E-state index < -0.39 is 0 Å². The van der Waals surface area contributed by atoms with Gasteiger partial charge in [0.1, 0.15) is 0 Å². The molecule has 0 bridgehead atoms. The van der Waals surface area contributed by atoms with Gasteiger partial charge in [0.25, 0.3) is 0 Å². The molecule has 1 saturated heterocycles. The third kappa shape index (κ3) is 3.95. The number of rotatable bonds is 4. The maximum absolute atomic E-state index is 6.26. The number of hydrogen-bond acceptors (Lipinski definition) is 2. The van der Waals surface area contributed by atoms with Gasteiger partial charge < -0.3 is 4.74 Å². The van der Waals surface area contributed by atoms with Gasteiger partial charge in [-0.25, -0.2) is 0 Å². The van der Waals surface area contributed by atoms with Crippen LogP contribution in [0.15, 0.2) is 0 Å². The molecule has 0 N–H and O–H groups in total. The molecule has 1 aliphatic heterocycles. The van der Waals surface area contributed by atoms with E-state index in [0.717, 1.165) is 13.2 Å². The van der Waals surface area contributed by atoms with Crippen molar-refractivity contribution in [2.45, 2.75) is 73.6 Å². The molecule has 0 saturated carbocycles. The Balaban J connectivity index is 3.12. The van der Waals surface area contributed by atoms with Crippen LogP contribution >= 0.6 is 0 Å². The standard InChI is InChI=1S/C17H35NO/c1-11(2)15-16(12(3)4)18(14(7)8)9-10-19-17(15)13(5)6/h11-17H,9-10H2,1-8H3. The van der Waals surface area contributed by atoms with E-state index in [1.54, 1.807) is 0 Å². The van der Waals surface area contributed by atoms with Gasteiger partial charge in [-0.05, 0) is 31.6 Å². The fourth-order valence-corrected chi connectivity index (χ4v) is 3.81. The number of hydrogen-bond donors (Lipinski definition) is 0. The van der Waals surface area contributed by atoms with Crippen LogP contribution in [-0.2, 0) is 4.74 Å². The number of nitrogens with zero attached hydrogens (tertiary/aromatic N) is 1. The van der Waals surface area contributed by atoms with Crippen LogP contribution in [0.2, 0.25) is 0 Å². The second kappa shape index (κ2) is 7.08. The molecule has 1 rings (SSSR count). The summed E-state index contributed by atoms with van der Waals surface area (Å²) in [6.07, 6.45) is 0.399. The summed E-state index contributed by atoms with van der Waals surface area (Å²) in [4.78, 5) is 2.68. The summed E-state index contributed by atoms with van der Waals surface area (Å²) in [5.41, 5.74) is 0. The molecule has 0 aromatic heterocycles. The summed E-state index contributed by atoms with van der Waals surface area (Å²) in [6, 6.07) is 1.23. The predicted molar refractivity (Wildman–Crippen MR) is 83.4 cm³/mol. The molecule has 1 fully saturated rings. The first-order valence-electron chi connectivity index (χ1n) is 8.14. The second-order valence-corrected chi connectivity index (χ2v) is 7.47. The Hall–Kier alpha value is -0.0800. The van der Waals surface area contributed by atoms with Crippen LogP contribution < -0.4 is 0 Å². The minimum Gasteiger partial charge on any atom is -0.376 e. The summed E-state index contributed by atoms with van der Waals surface area (Å²) < 4.78 is 6.26. The fraction of sp³-hybridized carbons (Fsp3) is 1.00. The van der Waals surface area contributed by atoms with Crippen molar-refractivity contribution in [2.24, 2.45) is 23.7 Å². The van der Waals surface area contributed by atoms with E-state index in [1.807, 2.05) is 0 Å². The molecular formula is C17H35NO. The van der Waals surface area contributed by atoms with Crippen LogP contribution in [0.25, 0.3) is 0 Å². The Bertz CT molecular complexity index is 234. The molecule has 0 amide bonds. The average Bonchev–Trinajstić information content (AvgIpc) is 2.47. The van der Waals surface area contributed by atoms with Gasteiger partial charge in [0, 0.05) is 24.5 Å². The summed E-state index contributed by atoms with van der Waals surface area (Å²) in [5, 5.41) is 0. The smallest absolute Gasteiger partial charge is 0.0644 e. The van der Waals surface area contributed by atoms with E-state index in [1.165, 1.54) is 0 Å². The molecule has 3 unspecified atom stereocenters. The molecule has 114 valence electrons. The highest BCUT2D eigenvalue weighted by atomic mass is 16.5. The third-order valence-electron chi connectivity index (χ3n) is 4.59. The SMILES string of the molecule is CC(C)C1OCCN(C(C)C)C(C(C)C)C1C(C)C. The molecule has 0 aromatic rings. The van der Waals surface area contributed by atoms with Crippen LogP contribution in [0.4, 0.5) is 0 Å². The topological polar surface area (TPSA) is 12.5 Å². The van der Waals surface area contributed by atoms with E-state index in [9.17, 15) is 0 Å². The van der Waals surface area contributed by atoms with Gasteiger partial charge in [-0.2, -0.15) is 0 Å². The molecule has 3 atom stereocenters. The van der Waals surface area contributed by atoms with Crippen molar-refractivity contribution in [1.29, 1.82) is 0 Å². The van der Waals surface area contributed by atoms with Crippen molar-refractivity contribution < 1.29 is 4.74 Å². The van der Waals surface area contributed by atoms with Crippen molar-refractivity contribution in [3.8, 4) is 0 Å². The van der Waals surface area contributed by atoms with Gasteiger partial charge in [-0.3, -0.25) is 4.90 Å². The minimum absolute atomic E-state index is 0.399. The van der Waals surface area contributed by atoms with Crippen LogP contribution in [0.5, 0.6) is 0 Å². The first kappa shape index (κ1) is 17.0. The Morgan fingerprint density at radius 2 is 1.42 bits per heavy atom. The first-order valence-corrected chi connectivity index (χ1v) is 8.14. The third-order valence-corrected chi connectivity index (χ3v) is 4.59. The van der Waals surface area contributed by atoms with E-state index in [2.05, 4.69) is 60.3 Å². The van der Waals surface area contributed by atoms with Gasteiger partial charge in [-0.15, -0.1) is 0 Å². The zero-order chi connectivity index (χ0) is 14.7. The van der Waals surface area contributed by atoms with Crippen LogP contribution in [0, 0.1) is 23.7 Å². The molecule has 0 radical (unpaired) electrons. The van der Waals surface area contributed by atoms with Gasteiger partial charge in [-0.1, -0.05) is 41.5 Å². The first-order chi connectivity index (χ1) is 8.77. The van der Waals surface area contributed by atoms with E-state index in [0.29, 0.717) is 41.9 Å². The van der Waals surface area contributed by atoms with Crippen LogP contribution in [-0.4, -0.2) is 36.2 Å². The Kier molecular flexibility index (Phi) is 6.32. The highest BCUT2D eigenvalue weighted by Gasteiger charge is 2.41. The summed E-state index contributed by atoms with van der Waals surface area (Å²) >= 11 is 0. The Morgan fingerprint density at radius 3 is 1.79 bits per heavy atom. The molecule has 2 heteroatoms. The second-order valence-electron chi connectivity index (χ2n) is 7.47. The maximum Gasteiger partial charge on any atom is 0.0644 e. The molecule has 2 nitrogen and oxygen atoms in total. The Morgan fingerprint density at radius 1 is 0.842 bits per heavy atom. The van der Waals surface area contributed by atoms with Gasteiger partial charge in [0.15, 0.2) is 0 Å². The molecule has 0 aliphatic carbocycles. The van der Waals surface area contributed by atoms with Crippen molar-refractivity contribution in [2.75, 3.05) is 13.2 Å². The maximum atomic E-state index is 6.26. The summed E-state index contributed by atoms with van der Waals surface area (Å²) in [5.74, 6) is 2.57. The van der Waals surface area contributed by atoms with Crippen molar-refractivity contribution >= 4 is 0 Å². The predicted octanol–water partition coefficient (Wildman–Crippen LogP) is 4.05. The summed E-state index contributed by atoms with van der Waals surface area (Å²) in [6.45, 7) is 20.7. The largest absolute Gasteiger partial charge is 0.376 e. The van der Waals surface area contributed by atoms with E-state index in [-0.39, 0.29) is 0 Å². The van der Waals surface area contributed by atoms with Crippen molar-refractivity contribution in [3.05, 3.63) is 0 Å². The highest BCUT2D eigenvalue weighted by molar-refractivity contribution is 4.92. The normalized spacial score (nSPS) is 30.6. The van der Waals surface area contributed by atoms with Crippen molar-refractivity contribution in [3.63, 3.8) is 0 Å². The van der Waals surface area contributed by atoms with Gasteiger partial charge in [0.2, 0.25) is 0 Å². The van der Waals surface area contributed by atoms with Crippen molar-refractivity contribution in [1.82, 2.24) is 4.90 Å².